The number of hydrogen-bond donors (Lipinski definition) is 0. The van der Waals surface area contributed by atoms with Crippen LogP contribution in [0.2, 0.25) is 0 Å². The quantitative estimate of drug-likeness (QED) is 0.718. The molecular formula is C17H21BrN2O3. The summed E-state index contributed by atoms with van der Waals surface area (Å²) in [7, 11) is 0. The second kappa shape index (κ2) is 6.15. The summed E-state index contributed by atoms with van der Waals surface area (Å²) in [6.07, 6.45) is 1.44. The van der Waals surface area contributed by atoms with Crippen molar-refractivity contribution in [3.05, 3.63) is 28.6 Å². The normalized spacial score (nSPS) is 16.8. The number of aromatic nitrogens is 1. The zero-order chi connectivity index (χ0) is 16.6. The highest BCUT2D eigenvalue weighted by Gasteiger charge is 2.29. The molecule has 0 radical (unpaired) electrons. The molecule has 5 nitrogen and oxygen atoms in total. The number of oxazole rings is 1. The van der Waals surface area contributed by atoms with Crippen LogP contribution in [-0.4, -0.2) is 34.7 Å². The minimum atomic E-state index is -0.457. The molecule has 1 aliphatic heterocycles. The van der Waals surface area contributed by atoms with Crippen LogP contribution in [0.3, 0.4) is 0 Å². The van der Waals surface area contributed by atoms with E-state index in [2.05, 4.69) is 20.9 Å². The fourth-order valence-corrected chi connectivity index (χ4v) is 3.08. The average Bonchev–Trinajstić information content (AvgIpc) is 2.88. The number of likely N-dealkylation sites (tertiary alicyclic amines) is 1. The monoisotopic (exact) mass is 380 g/mol. The van der Waals surface area contributed by atoms with E-state index in [9.17, 15) is 4.79 Å². The van der Waals surface area contributed by atoms with E-state index in [4.69, 9.17) is 9.15 Å². The number of halogens is 1. The Kier molecular flexibility index (Phi) is 4.36. The maximum atomic E-state index is 12.1. The third-order valence-electron chi connectivity index (χ3n) is 3.86. The van der Waals surface area contributed by atoms with Crippen molar-refractivity contribution in [3.8, 4) is 0 Å². The molecule has 0 N–H and O–H groups in total. The Bertz CT molecular complexity index is 712. The summed E-state index contributed by atoms with van der Waals surface area (Å²) >= 11 is 3.45. The summed E-state index contributed by atoms with van der Waals surface area (Å²) < 4.78 is 12.3. The van der Waals surface area contributed by atoms with Gasteiger partial charge in [0.1, 0.15) is 11.1 Å². The molecule has 1 amide bonds. The van der Waals surface area contributed by atoms with Gasteiger partial charge < -0.3 is 14.1 Å². The van der Waals surface area contributed by atoms with E-state index in [1.165, 1.54) is 0 Å². The first kappa shape index (κ1) is 16.3. The molecule has 0 aliphatic carbocycles. The smallest absolute Gasteiger partial charge is 0.410 e. The van der Waals surface area contributed by atoms with Crippen LogP contribution in [0.1, 0.15) is 45.4 Å². The van der Waals surface area contributed by atoms with E-state index in [1.807, 2.05) is 39.0 Å². The Morgan fingerprint density at radius 1 is 1.35 bits per heavy atom. The summed E-state index contributed by atoms with van der Waals surface area (Å²) in [5.74, 6) is 1.02. The van der Waals surface area contributed by atoms with Crippen molar-refractivity contribution in [3.63, 3.8) is 0 Å². The first-order valence-electron chi connectivity index (χ1n) is 7.86. The molecule has 1 aliphatic rings. The van der Waals surface area contributed by atoms with Crippen LogP contribution in [0.15, 0.2) is 27.1 Å². The Labute approximate surface area is 144 Å². The Morgan fingerprint density at radius 2 is 2.04 bits per heavy atom. The second-order valence-electron chi connectivity index (χ2n) is 6.91. The van der Waals surface area contributed by atoms with E-state index in [1.54, 1.807) is 4.90 Å². The molecule has 0 spiro atoms. The van der Waals surface area contributed by atoms with Gasteiger partial charge in [-0.2, -0.15) is 0 Å². The van der Waals surface area contributed by atoms with Crippen LogP contribution in [0.5, 0.6) is 0 Å². The molecular weight excluding hydrogens is 360 g/mol. The molecule has 0 bridgehead atoms. The number of hydrogen-bond acceptors (Lipinski definition) is 4. The third-order valence-corrected chi connectivity index (χ3v) is 4.36. The lowest BCUT2D eigenvalue weighted by molar-refractivity contribution is 0.0199. The number of piperidine rings is 1. The molecule has 6 heteroatoms. The number of carbonyl (C=O) groups is 1. The van der Waals surface area contributed by atoms with Crippen molar-refractivity contribution in [1.29, 1.82) is 0 Å². The molecule has 0 unspecified atom stereocenters. The van der Waals surface area contributed by atoms with Gasteiger partial charge in [0.25, 0.3) is 0 Å². The molecule has 2 aromatic rings. The van der Waals surface area contributed by atoms with Gasteiger partial charge in [0.05, 0.1) is 0 Å². The zero-order valence-electron chi connectivity index (χ0n) is 13.6. The van der Waals surface area contributed by atoms with Crippen molar-refractivity contribution in [2.24, 2.45) is 0 Å². The summed E-state index contributed by atoms with van der Waals surface area (Å²) in [6, 6.07) is 5.83. The van der Waals surface area contributed by atoms with Crippen LogP contribution >= 0.6 is 15.9 Å². The van der Waals surface area contributed by atoms with E-state index in [0.29, 0.717) is 13.1 Å². The van der Waals surface area contributed by atoms with Gasteiger partial charge in [-0.05, 0) is 51.8 Å². The predicted octanol–water partition coefficient (Wildman–Crippen LogP) is 4.70. The summed E-state index contributed by atoms with van der Waals surface area (Å²) in [5.41, 5.74) is 1.21. The highest BCUT2D eigenvalue weighted by molar-refractivity contribution is 9.10. The molecule has 3 rings (SSSR count). The van der Waals surface area contributed by atoms with Gasteiger partial charge in [-0.25, -0.2) is 9.78 Å². The minimum Gasteiger partial charge on any atom is -0.444 e. The third kappa shape index (κ3) is 3.86. The summed E-state index contributed by atoms with van der Waals surface area (Å²) in [5, 5.41) is 0. The highest BCUT2D eigenvalue weighted by atomic mass is 79.9. The van der Waals surface area contributed by atoms with Crippen molar-refractivity contribution in [2.75, 3.05) is 13.1 Å². The number of nitrogens with zero attached hydrogens (tertiary/aromatic N) is 2. The van der Waals surface area contributed by atoms with Crippen LogP contribution in [0, 0.1) is 0 Å². The number of benzene rings is 1. The molecule has 1 fully saturated rings. The first-order valence-corrected chi connectivity index (χ1v) is 8.65. The van der Waals surface area contributed by atoms with Gasteiger partial charge >= 0.3 is 6.09 Å². The Hall–Kier alpha value is -1.56. The number of fused-ring (bicyclic) bond motifs is 1. The highest BCUT2D eigenvalue weighted by Crippen LogP contribution is 2.31. The predicted molar refractivity (Wildman–Crippen MR) is 91.5 cm³/mol. The van der Waals surface area contributed by atoms with E-state index in [0.717, 1.165) is 34.3 Å². The maximum absolute atomic E-state index is 12.1. The number of carbonyl (C=O) groups excluding carboxylic acids is 1. The van der Waals surface area contributed by atoms with Gasteiger partial charge in [0, 0.05) is 23.5 Å². The van der Waals surface area contributed by atoms with Crippen molar-refractivity contribution < 1.29 is 13.9 Å². The van der Waals surface area contributed by atoms with E-state index in [-0.39, 0.29) is 12.0 Å². The van der Waals surface area contributed by atoms with Crippen molar-refractivity contribution >= 4 is 33.1 Å². The van der Waals surface area contributed by atoms with Crippen LogP contribution in [-0.2, 0) is 4.74 Å². The number of rotatable bonds is 1. The maximum Gasteiger partial charge on any atom is 0.410 e. The fourth-order valence-electron chi connectivity index (χ4n) is 2.73. The van der Waals surface area contributed by atoms with Crippen LogP contribution in [0.25, 0.3) is 11.1 Å². The van der Waals surface area contributed by atoms with Crippen LogP contribution in [0.4, 0.5) is 4.79 Å². The van der Waals surface area contributed by atoms with E-state index < -0.39 is 5.60 Å². The average molecular weight is 381 g/mol. The summed E-state index contributed by atoms with van der Waals surface area (Å²) in [4.78, 5) is 18.5. The molecule has 124 valence electrons. The van der Waals surface area contributed by atoms with Gasteiger partial charge in [0.15, 0.2) is 11.5 Å². The van der Waals surface area contributed by atoms with Gasteiger partial charge in [-0.15, -0.1) is 0 Å². The van der Waals surface area contributed by atoms with Crippen molar-refractivity contribution in [2.45, 2.75) is 45.1 Å². The van der Waals surface area contributed by atoms with Gasteiger partial charge in [-0.1, -0.05) is 15.9 Å². The minimum absolute atomic E-state index is 0.238. The lowest BCUT2D eigenvalue weighted by atomic mass is 9.97. The molecule has 2 heterocycles. The lowest BCUT2D eigenvalue weighted by Crippen LogP contribution is -2.41. The molecule has 23 heavy (non-hydrogen) atoms. The molecule has 1 aromatic carbocycles. The SMILES string of the molecule is CC(C)(C)OC(=O)N1CCC(c2nc3cc(Br)ccc3o2)CC1. The molecule has 1 aromatic heterocycles. The summed E-state index contributed by atoms with van der Waals surface area (Å²) in [6.45, 7) is 6.99. The Balaban J connectivity index is 1.65. The van der Waals surface area contributed by atoms with Crippen LogP contribution < -0.4 is 0 Å². The molecule has 1 saturated heterocycles. The number of amides is 1. The number of ether oxygens (including phenoxy) is 1. The Morgan fingerprint density at radius 3 is 2.70 bits per heavy atom. The van der Waals surface area contributed by atoms with Gasteiger partial charge in [-0.3, -0.25) is 0 Å². The van der Waals surface area contributed by atoms with Gasteiger partial charge in [0.2, 0.25) is 0 Å². The van der Waals surface area contributed by atoms with Crippen molar-refractivity contribution in [1.82, 2.24) is 9.88 Å². The first-order chi connectivity index (χ1) is 10.8. The zero-order valence-corrected chi connectivity index (χ0v) is 15.2. The molecule has 0 atom stereocenters. The molecule has 0 saturated carbocycles. The topological polar surface area (TPSA) is 55.6 Å². The van der Waals surface area contributed by atoms with E-state index >= 15 is 0 Å². The standard InChI is InChI=1S/C17H21BrN2O3/c1-17(2,3)23-16(21)20-8-6-11(7-9-20)15-19-13-10-12(18)4-5-14(13)22-15/h4-5,10-11H,6-9H2,1-3H3. The second-order valence-corrected chi connectivity index (χ2v) is 7.82. The fraction of sp³-hybridized carbons (Fsp3) is 0.529. The lowest BCUT2D eigenvalue weighted by Gasteiger charge is -2.32. The largest absolute Gasteiger partial charge is 0.444 e.